The van der Waals surface area contributed by atoms with Gasteiger partial charge in [-0.3, -0.25) is 0 Å². The van der Waals surface area contributed by atoms with Crippen LogP contribution >= 0.6 is 0 Å². The topological polar surface area (TPSA) is 9.72 Å². The second-order valence-electron chi connectivity index (χ2n) is 10.9. The molecule has 0 aromatic heterocycles. The van der Waals surface area contributed by atoms with Crippen molar-refractivity contribution in [2.45, 2.75) is 124 Å². The minimum absolute atomic E-state index is 0.327. The van der Waals surface area contributed by atoms with Gasteiger partial charge in [0, 0.05) is 0 Å². The molecule has 1 aliphatic heterocycles. The van der Waals surface area contributed by atoms with Crippen LogP contribution in [-0.2, 0) is 0 Å². The molecule has 149 valence electrons. The van der Waals surface area contributed by atoms with Gasteiger partial charge in [-0.2, -0.15) is 0 Å². The summed E-state index contributed by atoms with van der Waals surface area (Å²) >= 11 is -2.08. The van der Waals surface area contributed by atoms with Gasteiger partial charge in [0.15, 0.2) is 0 Å². The third-order valence-electron chi connectivity index (χ3n) is 5.97. The fraction of sp³-hybridized carbons (Fsp3) is 1.00. The summed E-state index contributed by atoms with van der Waals surface area (Å²) in [7, 11) is -2.73. The van der Waals surface area contributed by atoms with Crippen LogP contribution in [0.25, 0.3) is 0 Å². The summed E-state index contributed by atoms with van der Waals surface area (Å²) in [6.45, 7) is 32.7. The summed E-state index contributed by atoms with van der Waals surface area (Å²) in [6.07, 6.45) is 4.40. The van der Waals surface area contributed by atoms with E-state index in [2.05, 4.69) is 96.4 Å². The molecule has 0 amide bonds. The van der Waals surface area contributed by atoms with Crippen LogP contribution in [0.15, 0.2) is 0 Å². The van der Waals surface area contributed by atoms with E-state index in [1.54, 1.807) is 0 Å². The van der Waals surface area contributed by atoms with E-state index in [1.165, 1.54) is 19.3 Å². The fourth-order valence-electron chi connectivity index (χ4n) is 4.32. The third-order valence-corrected chi connectivity index (χ3v) is 35.6. The molecule has 1 fully saturated rings. The van der Waals surface area contributed by atoms with E-state index in [-0.39, 0.29) is 0 Å². The maximum absolute atomic E-state index is 3.21. The van der Waals surface area contributed by atoms with Gasteiger partial charge in [-0.05, 0) is 0 Å². The van der Waals surface area contributed by atoms with E-state index >= 15 is 0 Å². The van der Waals surface area contributed by atoms with Crippen LogP contribution < -0.4 is 0 Å². The Labute approximate surface area is 169 Å². The predicted molar refractivity (Wildman–Crippen MR) is 121 cm³/mol. The molecule has 3 nitrogen and oxygen atoms in total. The summed E-state index contributed by atoms with van der Waals surface area (Å²) in [4.78, 5) is 0. The first kappa shape index (κ1) is 24.2. The molecule has 0 aromatic rings. The van der Waals surface area contributed by atoms with Crippen LogP contribution in [-0.4, -0.2) is 63.0 Å². The standard InChI is InChI=1S/C13H28N2.C6H18NSi2.Sn/c1-8-11(14-12(4,5)9-2)15-13(6,7)10-3;1-8(2,3)7-9(4,5)6;/h11H,8-10H2,1-7H3;1-6H3;/q-2;-1;+3. The van der Waals surface area contributed by atoms with Gasteiger partial charge >= 0.3 is 170 Å². The summed E-state index contributed by atoms with van der Waals surface area (Å²) in [5.41, 5.74) is 0.653. The Hall–Kier alpha value is 1.11. The summed E-state index contributed by atoms with van der Waals surface area (Å²) in [6, 6.07) is 0. The van der Waals surface area contributed by atoms with E-state index in [0.29, 0.717) is 17.2 Å². The van der Waals surface area contributed by atoms with Crippen molar-refractivity contribution in [2.24, 2.45) is 0 Å². The van der Waals surface area contributed by atoms with Gasteiger partial charge in [0.2, 0.25) is 0 Å². The van der Waals surface area contributed by atoms with Crippen LogP contribution in [0.1, 0.15) is 67.7 Å². The number of hydrogen-bond acceptors (Lipinski definition) is 3. The molecule has 25 heavy (non-hydrogen) atoms. The first-order valence-electron chi connectivity index (χ1n) is 10.3. The molecule has 0 spiro atoms. The fourth-order valence-corrected chi connectivity index (χ4v) is 35.4. The first-order valence-corrected chi connectivity index (χ1v) is 21.0. The zero-order valence-electron chi connectivity index (χ0n) is 19.5. The molecule has 0 N–H and O–H groups in total. The Bertz CT molecular complexity index is 417. The van der Waals surface area contributed by atoms with Crippen LogP contribution in [0.5, 0.6) is 0 Å². The van der Waals surface area contributed by atoms with Gasteiger partial charge in [0.25, 0.3) is 0 Å². The molecule has 0 bridgehead atoms. The second-order valence-corrected chi connectivity index (χ2v) is 29.3. The van der Waals surface area contributed by atoms with Crippen molar-refractivity contribution in [1.29, 1.82) is 0 Å². The number of rotatable bonds is 8. The van der Waals surface area contributed by atoms with E-state index in [4.69, 9.17) is 0 Å². The molecule has 0 saturated carbocycles. The molecule has 0 aliphatic carbocycles. The van der Waals surface area contributed by atoms with E-state index in [0.717, 1.165) is 0 Å². The zero-order valence-corrected chi connectivity index (χ0v) is 24.4. The Morgan fingerprint density at radius 3 is 1.28 bits per heavy atom. The molecule has 1 aliphatic rings. The molecular formula is C19H46N3Si2Sn. The Balaban J connectivity index is 3.53. The quantitative estimate of drug-likeness (QED) is 0.405. The third kappa shape index (κ3) is 4.76. The van der Waals surface area contributed by atoms with Gasteiger partial charge in [0.05, 0.1) is 0 Å². The molecule has 6 heteroatoms. The Kier molecular flexibility index (Phi) is 7.59. The normalized spacial score (nSPS) is 20.4. The molecule has 0 atom stereocenters. The molecule has 1 heterocycles. The van der Waals surface area contributed by atoms with Crippen LogP contribution in [0, 0.1) is 0 Å². The van der Waals surface area contributed by atoms with Crippen molar-refractivity contribution in [3.8, 4) is 0 Å². The van der Waals surface area contributed by atoms with Crippen molar-refractivity contribution in [3.63, 3.8) is 0 Å². The molecule has 1 saturated heterocycles. The SMILES string of the molecule is CCC1[N](C(C)(C)CC)[Sn]([N]([Si](C)(C)C)[Si](C)(C)C)[N]1C(C)(C)CC. The summed E-state index contributed by atoms with van der Waals surface area (Å²) < 4.78 is 9.33. The van der Waals surface area contributed by atoms with Crippen molar-refractivity contribution >= 4 is 37.1 Å². The van der Waals surface area contributed by atoms with Crippen molar-refractivity contribution < 1.29 is 0 Å². The van der Waals surface area contributed by atoms with Crippen molar-refractivity contribution in [1.82, 2.24) is 8.70 Å². The number of hydrogen-bond donors (Lipinski definition) is 0. The van der Waals surface area contributed by atoms with Gasteiger partial charge in [-0.1, -0.05) is 0 Å². The Morgan fingerprint density at radius 1 is 0.760 bits per heavy atom. The monoisotopic (exact) mass is 492 g/mol. The molecule has 0 unspecified atom stereocenters. The maximum atomic E-state index is 3.21. The van der Waals surface area contributed by atoms with Crippen molar-refractivity contribution in [3.05, 3.63) is 0 Å². The van der Waals surface area contributed by atoms with Crippen LogP contribution in [0.3, 0.4) is 0 Å². The number of nitrogens with zero attached hydrogens (tertiary/aromatic N) is 3. The van der Waals surface area contributed by atoms with Gasteiger partial charge in [-0.15, -0.1) is 0 Å². The van der Waals surface area contributed by atoms with E-state index < -0.39 is 37.1 Å². The predicted octanol–water partition coefficient (Wildman–Crippen LogP) is 5.67. The summed E-state index contributed by atoms with van der Waals surface area (Å²) in [5, 5.41) is 0. The van der Waals surface area contributed by atoms with Crippen LogP contribution in [0.4, 0.5) is 0 Å². The van der Waals surface area contributed by atoms with Gasteiger partial charge < -0.3 is 0 Å². The van der Waals surface area contributed by atoms with Crippen molar-refractivity contribution in [2.75, 3.05) is 0 Å². The average Bonchev–Trinajstić information content (AvgIpc) is 2.39. The molecular weight excluding hydrogens is 445 g/mol. The van der Waals surface area contributed by atoms with Crippen LogP contribution in [0.2, 0.25) is 39.3 Å². The second kappa shape index (κ2) is 7.86. The zero-order chi connectivity index (χ0) is 20.0. The first-order chi connectivity index (χ1) is 11.1. The minimum atomic E-state index is -2.08. The van der Waals surface area contributed by atoms with E-state index in [9.17, 15) is 0 Å². The van der Waals surface area contributed by atoms with Gasteiger partial charge in [-0.25, -0.2) is 0 Å². The average molecular weight is 491 g/mol. The molecule has 1 rings (SSSR count). The molecule has 0 aromatic carbocycles. The van der Waals surface area contributed by atoms with E-state index in [1.807, 2.05) is 0 Å². The Morgan fingerprint density at radius 2 is 1.08 bits per heavy atom. The summed E-state index contributed by atoms with van der Waals surface area (Å²) in [5.74, 6) is 0. The van der Waals surface area contributed by atoms with Gasteiger partial charge in [0.1, 0.15) is 0 Å². The molecule has 1 radical (unpaired) electrons.